The van der Waals surface area contributed by atoms with Gasteiger partial charge in [0.15, 0.2) is 17.4 Å². The Morgan fingerprint density at radius 2 is 1.71 bits per heavy atom. The van der Waals surface area contributed by atoms with Crippen molar-refractivity contribution in [3.63, 3.8) is 0 Å². The van der Waals surface area contributed by atoms with Crippen molar-refractivity contribution >= 4 is 0 Å². The van der Waals surface area contributed by atoms with Crippen LogP contribution in [0, 0.1) is 11.6 Å². The molecule has 0 fully saturated rings. The molecule has 0 radical (unpaired) electrons. The molecule has 0 aliphatic heterocycles. The molecule has 112 valence electrons. The Balaban J connectivity index is 2.36. The zero-order valence-corrected chi connectivity index (χ0v) is 12.4. The van der Waals surface area contributed by atoms with Crippen molar-refractivity contribution in [1.29, 1.82) is 0 Å². The molecule has 0 amide bonds. The van der Waals surface area contributed by atoms with Gasteiger partial charge in [-0.1, -0.05) is 32.0 Å². The summed E-state index contributed by atoms with van der Waals surface area (Å²) in [6, 6.07) is 9.85. The number of rotatable bonds is 5. The number of para-hydroxylation sites is 1. The highest BCUT2D eigenvalue weighted by Gasteiger charge is 2.16. The van der Waals surface area contributed by atoms with E-state index in [4.69, 9.17) is 4.74 Å². The van der Waals surface area contributed by atoms with Crippen LogP contribution in [0.15, 0.2) is 36.4 Å². The second-order valence-corrected chi connectivity index (χ2v) is 5.21. The second-order valence-electron chi connectivity index (χ2n) is 5.21. The third-order valence-corrected chi connectivity index (χ3v) is 3.19. The summed E-state index contributed by atoms with van der Waals surface area (Å²) in [5, 5.41) is 2.86. The highest BCUT2D eigenvalue weighted by Crippen LogP contribution is 2.33. The monoisotopic (exact) mass is 291 g/mol. The molecule has 0 spiro atoms. The molecule has 2 aromatic rings. The predicted molar refractivity (Wildman–Crippen MR) is 79.7 cm³/mol. The van der Waals surface area contributed by atoms with Gasteiger partial charge >= 0.3 is 0 Å². The van der Waals surface area contributed by atoms with Crippen LogP contribution >= 0.6 is 0 Å². The fraction of sp³-hybridized carbons (Fsp3) is 0.294. The zero-order chi connectivity index (χ0) is 15.4. The molecular formula is C17H19F2NO. The van der Waals surface area contributed by atoms with Crippen molar-refractivity contribution in [2.24, 2.45) is 0 Å². The average molecular weight is 291 g/mol. The zero-order valence-electron chi connectivity index (χ0n) is 12.4. The SMILES string of the molecule is CNCc1cc(F)c(Oc2ccccc2C(C)C)c(F)c1. The van der Waals surface area contributed by atoms with E-state index in [1.165, 1.54) is 12.1 Å². The summed E-state index contributed by atoms with van der Waals surface area (Å²) in [5.41, 5.74) is 1.45. The number of nitrogens with one attached hydrogen (secondary N) is 1. The Morgan fingerprint density at radius 1 is 1.10 bits per heavy atom. The van der Waals surface area contributed by atoms with Crippen LogP contribution in [0.5, 0.6) is 11.5 Å². The van der Waals surface area contributed by atoms with Crippen molar-refractivity contribution in [3.8, 4) is 11.5 Å². The van der Waals surface area contributed by atoms with E-state index >= 15 is 0 Å². The van der Waals surface area contributed by atoms with E-state index in [1.54, 1.807) is 19.2 Å². The molecule has 0 unspecified atom stereocenters. The van der Waals surface area contributed by atoms with E-state index in [2.05, 4.69) is 5.32 Å². The van der Waals surface area contributed by atoms with E-state index in [-0.39, 0.29) is 11.7 Å². The fourth-order valence-corrected chi connectivity index (χ4v) is 2.18. The van der Waals surface area contributed by atoms with Gasteiger partial charge in [-0.25, -0.2) is 8.78 Å². The molecule has 0 aliphatic rings. The molecule has 0 saturated carbocycles. The van der Waals surface area contributed by atoms with E-state index < -0.39 is 11.6 Å². The normalized spacial score (nSPS) is 11.0. The van der Waals surface area contributed by atoms with Crippen LogP contribution in [0.1, 0.15) is 30.9 Å². The summed E-state index contributed by atoms with van der Waals surface area (Å²) in [6.45, 7) is 4.41. The summed E-state index contributed by atoms with van der Waals surface area (Å²) in [5.74, 6) is -1.07. The maximum atomic E-state index is 14.1. The van der Waals surface area contributed by atoms with Gasteiger partial charge in [0, 0.05) is 6.54 Å². The number of ether oxygens (including phenoxy) is 1. The number of halogens is 2. The number of hydrogen-bond donors (Lipinski definition) is 1. The first kappa shape index (κ1) is 15.4. The predicted octanol–water partition coefficient (Wildman–Crippen LogP) is 4.60. The van der Waals surface area contributed by atoms with Gasteiger partial charge in [0.1, 0.15) is 5.75 Å². The van der Waals surface area contributed by atoms with Crippen LogP contribution in [-0.4, -0.2) is 7.05 Å². The molecule has 0 aliphatic carbocycles. The first-order valence-corrected chi connectivity index (χ1v) is 6.92. The van der Waals surface area contributed by atoms with Gasteiger partial charge in [-0.15, -0.1) is 0 Å². The topological polar surface area (TPSA) is 21.3 Å². The van der Waals surface area contributed by atoms with Crippen molar-refractivity contribution in [1.82, 2.24) is 5.32 Å². The Morgan fingerprint density at radius 3 is 2.29 bits per heavy atom. The van der Waals surface area contributed by atoms with Gasteiger partial charge in [-0.2, -0.15) is 0 Å². The highest BCUT2D eigenvalue weighted by molar-refractivity contribution is 5.41. The quantitative estimate of drug-likeness (QED) is 0.869. The lowest BCUT2D eigenvalue weighted by Gasteiger charge is -2.15. The molecule has 2 aromatic carbocycles. The van der Waals surface area contributed by atoms with Gasteiger partial charge < -0.3 is 10.1 Å². The van der Waals surface area contributed by atoms with Gasteiger partial charge in [-0.05, 0) is 42.3 Å². The average Bonchev–Trinajstić information content (AvgIpc) is 2.43. The van der Waals surface area contributed by atoms with Crippen molar-refractivity contribution < 1.29 is 13.5 Å². The van der Waals surface area contributed by atoms with Gasteiger partial charge in [0.05, 0.1) is 0 Å². The first-order chi connectivity index (χ1) is 10.0. The summed E-state index contributed by atoms with van der Waals surface area (Å²) < 4.78 is 33.6. The standard InChI is InChI=1S/C17H19F2NO/c1-11(2)13-6-4-5-7-16(13)21-17-14(18)8-12(10-20-3)9-15(17)19/h4-9,11,20H,10H2,1-3H3. The van der Waals surface area contributed by atoms with Crippen molar-refractivity contribution in [3.05, 3.63) is 59.2 Å². The van der Waals surface area contributed by atoms with Crippen molar-refractivity contribution in [2.45, 2.75) is 26.3 Å². The lowest BCUT2D eigenvalue weighted by Crippen LogP contribution is -2.06. The first-order valence-electron chi connectivity index (χ1n) is 6.92. The Bertz CT molecular complexity index is 603. The summed E-state index contributed by atoms with van der Waals surface area (Å²) in [7, 11) is 1.72. The minimum atomic E-state index is -0.696. The number of benzene rings is 2. The Kier molecular flexibility index (Phi) is 4.91. The lowest BCUT2D eigenvalue weighted by molar-refractivity contribution is 0.401. The van der Waals surface area contributed by atoms with Crippen LogP contribution in [0.25, 0.3) is 0 Å². The fourth-order valence-electron chi connectivity index (χ4n) is 2.18. The molecule has 0 bridgehead atoms. The molecule has 0 aromatic heterocycles. The third kappa shape index (κ3) is 3.58. The molecule has 0 heterocycles. The molecule has 1 N–H and O–H groups in total. The largest absolute Gasteiger partial charge is 0.451 e. The lowest BCUT2D eigenvalue weighted by atomic mass is 10.0. The van der Waals surface area contributed by atoms with E-state index in [1.807, 2.05) is 26.0 Å². The Hall–Kier alpha value is -1.94. The molecule has 2 nitrogen and oxygen atoms in total. The van der Waals surface area contributed by atoms with Crippen molar-refractivity contribution in [2.75, 3.05) is 7.05 Å². The van der Waals surface area contributed by atoms with Gasteiger partial charge in [-0.3, -0.25) is 0 Å². The molecule has 0 atom stereocenters. The van der Waals surface area contributed by atoms with E-state index in [9.17, 15) is 8.78 Å². The van der Waals surface area contributed by atoms with Crippen LogP contribution in [0.2, 0.25) is 0 Å². The maximum Gasteiger partial charge on any atom is 0.198 e. The van der Waals surface area contributed by atoms with E-state index in [0.29, 0.717) is 17.9 Å². The number of hydrogen-bond acceptors (Lipinski definition) is 2. The van der Waals surface area contributed by atoms with Crippen LogP contribution < -0.4 is 10.1 Å². The highest BCUT2D eigenvalue weighted by atomic mass is 19.1. The summed E-state index contributed by atoms with van der Waals surface area (Å²) in [4.78, 5) is 0. The molecule has 2 rings (SSSR count). The molecular weight excluding hydrogens is 272 g/mol. The Labute approximate surface area is 123 Å². The van der Waals surface area contributed by atoms with Gasteiger partial charge in [0.25, 0.3) is 0 Å². The molecule has 21 heavy (non-hydrogen) atoms. The van der Waals surface area contributed by atoms with E-state index in [0.717, 1.165) is 5.56 Å². The summed E-state index contributed by atoms with van der Waals surface area (Å²) >= 11 is 0. The van der Waals surface area contributed by atoms with Gasteiger partial charge in [0.2, 0.25) is 0 Å². The maximum absolute atomic E-state index is 14.1. The molecule has 0 saturated heterocycles. The van der Waals surface area contributed by atoms with Crippen LogP contribution in [0.3, 0.4) is 0 Å². The summed E-state index contributed by atoms with van der Waals surface area (Å²) in [6.07, 6.45) is 0. The minimum Gasteiger partial charge on any atom is -0.451 e. The van der Waals surface area contributed by atoms with Crippen LogP contribution in [-0.2, 0) is 6.54 Å². The third-order valence-electron chi connectivity index (χ3n) is 3.19. The molecule has 4 heteroatoms. The minimum absolute atomic E-state index is 0.205. The second kappa shape index (κ2) is 6.68. The smallest absolute Gasteiger partial charge is 0.198 e. The van der Waals surface area contributed by atoms with Crippen LogP contribution in [0.4, 0.5) is 8.78 Å².